The molecule has 2 aromatic rings. The second-order valence-corrected chi connectivity index (χ2v) is 18.6. The number of aromatic nitrogens is 2. The quantitative estimate of drug-likeness (QED) is 0.237. The van der Waals surface area contributed by atoms with Crippen molar-refractivity contribution in [3.05, 3.63) is 23.0 Å². The number of benzene rings is 1. The standard InChI is InChI=1S/C28H44ClN5O4Si/c1-19-17-30-11-12-33(19)23-16-22-24(15-21(23)29)34(18-38-13-14-39(4,5)6)26(32-22)25(35)28(2)9-7-20(8-10-28)31-27(36)37-3/h15-16,19-20,30H,7-14,17-18H2,1-6H3,(H,31,36). The van der Waals surface area contributed by atoms with E-state index in [9.17, 15) is 9.59 Å². The van der Waals surface area contributed by atoms with Crippen molar-refractivity contribution in [2.75, 3.05) is 38.3 Å². The fourth-order valence-electron chi connectivity index (χ4n) is 5.51. The molecule has 4 rings (SSSR count). The number of hydrogen-bond acceptors (Lipinski definition) is 7. The van der Waals surface area contributed by atoms with Crippen molar-refractivity contribution in [1.82, 2.24) is 20.2 Å². The summed E-state index contributed by atoms with van der Waals surface area (Å²) in [4.78, 5) is 33.0. The molecule has 11 heteroatoms. The second kappa shape index (κ2) is 12.2. The first-order chi connectivity index (χ1) is 18.4. The summed E-state index contributed by atoms with van der Waals surface area (Å²) in [7, 11) is 0.106. The number of imidazole rings is 1. The van der Waals surface area contributed by atoms with E-state index in [0.29, 0.717) is 49.2 Å². The molecule has 1 aromatic carbocycles. The number of amides is 1. The van der Waals surface area contributed by atoms with Crippen molar-refractivity contribution >= 4 is 48.3 Å². The molecule has 0 bridgehead atoms. The van der Waals surface area contributed by atoms with Gasteiger partial charge in [0, 0.05) is 51.8 Å². The first kappa shape index (κ1) is 29.8. The molecule has 1 aromatic heterocycles. The number of ketones is 1. The highest BCUT2D eigenvalue weighted by molar-refractivity contribution is 6.76. The van der Waals surface area contributed by atoms with Gasteiger partial charge >= 0.3 is 6.09 Å². The third kappa shape index (κ3) is 6.96. The Bertz CT molecular complexity index is 1190. The molecule has 1 atom stereocenters. The largest absolute Gasteiger partial charge is 0.453 e. The zero-order valence-electron chi connectivity index (χ0n) is 24.2. The maximum absolute atomic E-state index is 14.1. The van der Waals surface area contributed by atoms with Gasteiger partial charge in [0.2, 0.25) is 5.78 Å². The van der Waals surface area contributed by atoms with Gasteiger partial charge in [0.15, 0.2) is 5.82 Å². The number of nitrogens with one attached hydrogen (secondary N) is 2. The van der Waals surface area contributed by atoms with Gasteiger partial charge in [0.25, 0.3) is 0 Å². The molecule has 9 nitrogen and oxygen atoms in total. The molecule has 2 heterocycles. The summed E-state index contributed by atoms with van der Waals surface area (Å²) in [5.41, 5.74) is 1.93. The summed E-state index contributed by atoms with van der Waals surface area (Å²) in [6.07, 6.45) is 2.30. The van der Waals surface area contributed by atoms with E-state index in [1.165, 1.54) is 7.11 Å². The summed E-state index contributed by atoms with van der Waals surface area (Å²) in [5, 5.41) is 6.95. The van der Waals surface area contributed by atoms with E-state index in [-0.39, 0.29) is 18.6 Å². The van der Waals surface area contributed by atoms with Crippen LogP contribution in [0.15, 0.2) is 12.1 Å². The van der Waals surface area contributed by atoms with Gasteiger partial charge in [-0.25, -0.2) is 9.78 Å². The van der Waals surface area contributed by atoms with Crippen LogP contribution in [0.1, 0.15) is 50.1 Å². The van der Waals surface area contributed by atoms with Gasteiger partial charge in [-0.1, -0.05) is 38.2 Å². The first-order valence-electron chi connectivity index (χ1n) is 14.1. The number of carbonyl (C=O) groups excluding carboxylic acids is 2. The van der Waals surface area contributed by atoms with Crippen molar-refractivity contribution in [3.63, 3.8) is 0 Å². The number of methoxy groups -OCH3 is 1. The molecule has 1 aliphatic carbocycles. The summed E-state index contributed by atoms with van der Waals surface area (Å²) in [6, 6.07) is 5.31. The number of nitrogens with zero attached hydrogens (tertiary/aromatic N) is 3. The molecular weight excluding hydrogens is 534 g/mol. The highest BCUT2D eigenvalue weighted by Crippen LogP contribution is 2.40. The van der Waals surface area contributed by atoms with Crippen molar-refractivity contribution in [2.24, 2.45) is 5.41 Å². The van der Waals surface area contributed by atoms with E-state index < -0.39 is 19.6 Å². The summed E-state index contributed by atoms with van der Waals surface area (Å²) < 4.78 is 12.8. The molecule has 1 amide bonds. The van der Waals surface area contributed by atoms with Crippen LogP contribution in [0.2, 0.25) is 30.7 Å². The molecule has 1 aliphatic heterocycles. The molecule has 2 aliphatic rings. The van der Waals surface area contributed by atoms with Crippen LogP contribution in [-0.2, 0) is 16.2 Å². The van der Waals surface area contributed by atoms with E-state index in [1.807, 2.05) is 23.6 Å². The number of rotatable bonds is 9. The van der Waals surface area contributed by atoms with Gasteiger partial charge in [-0.05, 0) is 50.8 Å². The van der Waals surface area contributed by atoms with Gasteiger partial charge in [-0.3, -0.25) is 9.36 Å². The molecule has 2 N–H and O–H groups in total. The van der Waals surface area contributed by atoms with Gasteiger partial charge in [0.1, 0.15) is 6.73 Å². The Morgan fingerprint density at radius 3 is 2.62 bits per heavy atom. The van der Waals surface area contributed by atoms with Gasteiger partial charge in [-0.2, -0.15) is 0 Å². The number of halogens is 1. The van der Waals surface area contributed by atoms with E-state index >= 15 is 0 Å². The average molecular weight is 578 g/mol. The van der Waals surface area contributed by atoms with Crippen LogP contribution in [0.4, 0.5) is 10.5 Å². The lowest BCUT2D eigenvalue weighted by Gasteiger charge is -2.36. The molecule has 1 unspecified atom stereocenters. The van der Waals surface area contributed by atoms with Crippen LogP contribution in [-0.4, -0.2) is 74.9 Å². The zero-order valence-corrected chi connectivity index (χ0v) is 26.0. The van der Waals surface area contributed by atoms with E-state index in [1.54, 1.807) is 0 Å². The van der Waals surface area contributed by atoms with Gasteiger partial charge < -0.3 is 25.0 Å². The van der Waals surface area contributed by atoms with Gasteiger partial charge in [0.05, 0.1) is 28.9 Å². The smallest absolute Gasteiger partial charge is 0.407 e. The fourth-order valence-corrected chi connectivity index (χ4v) is 6.54. The predicted octanol–water partition coefficient (Wildman–Crippen LogP) is 5.29. The molecule has 1 saturated heterocycles. The molecule has 216 valence electrons. The van der Waals surface area contributed by atoms with E-state index in [2.05, 4.69) is 42.1 Å². The first-order valence-corrected chi connectivity index (χ1v) is 18.1. The summed E-state index contributed by atoms with van der Waals surface area (Å²) in [5.74, 6) is 0.429. The maximum Gasteiger partial charge on any atom is 0.407 e. The van der Waals surface area contributed by atoms with Crippen LogP contribution in [0.25, 0.3) is 11.0 Å². The number of Topliss-reactive ketones (excluding diaryl/α,β-unsaturated/α-hetero) is 1. The maximum atomic E-state index is 14.1. The lowest BCUT2D eigenvalue weighted by atomic mass is 9.71. The van der Waals surface area contributed by atoms with E-state index in [0.717, 1.165) is 42.4 Å². The summed E-state index contributed by atoms with van der Waals surface area (Å²) in [6.45, 7) is 14.7. The molecule has 0 radical (unpaired) electrons. The Morgan fingerprint density at radius 1 is 1.26 bits per heavy atom. The number of piperazine rings is 1. The molecule has 0 spiro atoms. The van der Waals surface area contributed by atoms with Crippen LogP contribution in [0.3, 0.4) is 0 Å². The lowest BCUT2D eigenvalue weighted by molar-refractivity contribution is 0.0651. The summed E-state index contributed by atoms with van der Waals surface area (Å²) >= 11 is 6.86. The number of hydrogen-bond donors (Lipinski definition) is 2. The Morgan fingerprint density at radius 2 is 1.97 bits per heavy atom. The third-order valence-electron chi connectivity index (χ3n) is 8.19. The van der Waals surface area contributed by atoms with Crippen molar-refractivity contribution in [1.29, 1.82) is 0 Å². The SMILES string of the molecule is COC(=O)NC1CCC(C)(C(=O)c2nc3cc(N4CCNCC4C)c(Cl)cc3n2COCC[Si](C)(C)C)CC1. The molecule has 1 saturated carbocycles. The van der Waals surface area contributed by atoms with Crippen LogP contribution >= 0.6 is 11.6 Å². The minimum absolute atomic E-state index is 0.00410. The van der Waals surface area contributed by atoms with Crippen LogP contribution in [0.5, 0.6) is 0 Å². The van der Waals surface area contributed by atoms with Crippen molar-refractivity contribution in [2.45, 2.75) is 84.0 Å². The minimum Gasteiger partial charge on any atom is -0.453 e. The Balaban J connectivity index is 1.64. The Hall–Kier alpha value is -2.14. The lowest BCUT2D eigenvalue weighted by Crippen LogP contribution is -2.50. The number of anilines is 1. The molecular formula is C28H44ClN5O4Si. The van der Waals surface area contributed by atoms with E-state index in [4.69, 9.17) is 26.1 Å². The molecule has 2 fully saturated rings. The second-order valence-electron chi connectivity index (χ2n) is 12.6. The number of carbonyl (C=O) groups is 2. The highest BCUT2D eigenvalue weighted by atomic mass is 35.5. The number of fused-ring (bicyclic) bond motifs is 1. The zero-order chi connectivity index (χ0) is 28.4. The normalized spacial score (nSPS) is 24.1. The van der Waals surface area contributed by atoms with Gasteiger partial charge in [-0.15, -0.1) is 0 Å². The number of ether oxygens (including phenoxy) is 2. The predicted molar refractivity (Wildman–Crippen MR) is 159 cm³/mol. The van der Waals surface area contributed by atoms with Crippen LogP contribution in [0, 0.1) is 5.41 Å². The third-order valence-corrected chi connectivity index (χ3v) is 10.2. The molecule has 39 heavy (non-hydrogen) atoms. The Kier molecular flexibility index (Phi) is 9.30. The minimum atomic E-state index is -1.26. The average Bonchev–Trinajstić information content (AvgIpc) is 3.23. The number of alkyl carbamates (subject to hydrolysis) is 1. The van der Waals surface area contributed by atoms with Crippen molar-refractivity contribution < 1.29 is 19.1 Å². The van der Waals surface area contributed by atoms with Crippen molar-refractivity contribution in [3.8, 4) is 0 Å². The fraction of sp³-hybridized carbons (Fsp3) is 0.679. The highest BCUT2D eigenvalue weighted by Gasteiger charge is 2.41. The topological polar surface area (TPSA) is 97.7 Å². The Labute approximate surface area is 237 Å². The van der Waals surface area contributed by atoms with Crippen LogP contribution < -0.4 is 15.5 Å². The monoisotopic (exact) mass is 577 g/mol.